The molecule has 0 fully saturated rings. The Morgan fingerprint density at radius 1 is 1.19 bits per heavy atom. The van der Waals surface area contributed by atoms with Crippen molar-refractivity contribution in [3.05, 3.63) is 72.4 Å². The number of amides is 1. The van der Waals surface area contributed by atoms with E-state index < -0.39 is 0 Å². The lowest BCUT2D eigenvalue weighted by Crippen LogP contribution is -2.26. The predicted octanol–water partition coefficient (Wildman–Crippen LogP) is 1.84. The van der Waals surface area contributed by atoms with E-state index in [1.165, 1.54) is 0 Å². The lowest BCUT2D eigenvalue weighted by molar-refractivity contribution is 0.0945. The van der Waals surface area contributed by atoms with Crippen LogP contribution in [0.2, 0.25) is 0 Å². The maximum Gasteiger partial charge on any atom is 0.273 e. The lowest BCUT2D eigenvalue weighted by atomic mass is 10.3. The smallest absolute Gasteiger partial charge is 0.273 e. The zero-order valence-corrected chi connectivity index (χ0v) is 13.9. The standard InChI is InChI=1S/C18H16N6O2/c25-18(21-6-5-13-10-19-7-8-20-13)16-9-14(26-23-16)11-24-12-22-15-3-1-2-4-17(15)24/h1-4,7-10,12H,5-6,11H2,(H,21,25). The van der Waals surface area contributed by atoms with Gasteiger partial charge in [-0.25, -0.2) is 4.98 Å². The van der Waals surface area contributed by atoms with Crippen molar-refractivity contribution in [2.75, 3.05) is 6.54 Å². The minimum Gasteiger partial charge on any atom is -0.359 e. The van der Waals surface area contributed by atoms with Gasteiger partial charge in [-0.15, -0.1) is 0 Å². The van der Waals surface area contributed by atoms with Crippen molar-refractivity contribution in [2.45, 2.75) is 13.0 Å². The first-order valence-corrected chi connectivity index (χ1v) is 8.18. The zero-order chi connectivity index (χ0) is 17.8. The molecule has 1 amide bonds. The Labute approximate surface area is 148 Å². The number of carbonyl (C=O) groups is 1. The van der Waals surface area contributed by atoms with Gasteiger partial charge >= 0.3 is 0 Å². The Bertz CT molecular complexity index is 1020. The second-order valence-corrected chi connectivity index (χ2v) is 5.74. The van der Waals surface area contributed by atoms with Crippen molar-refractivity contribution in [3.8, 4) is 0 Å². The largest absolute Gasteiger partial charge is 0.359 e. The van der Waals surface area contributed by atoms with Crippen molar-refractivity contribution in [2.24, 2.45) is 0 Å². The summed E-state index contributed by atoms with van der Waals surface area (Å²) in [5.41, 5.74) is 2.98. The van der Waals surface area contributed by atoms with E-state index in [9.17, 15) is 4.79 Å². The van der Waals surface area contributed by atoms with Crippen molar-refractivity contribution < 1.29 is 9.32 Å². The van der Waals surface area contributed by atoms with E-state index in [0.717, 1.165) is 16.7 Å². The molecular weight excluding hydrogens is 332 g/mol. The zero-order valence-electron chi connectivity index (χ0n) is 13.9. The number of carbonyl (C=O) groups excluding carboxylic acids is 1. The molecule has 3 aromatic heterocycles. The summed E-state index contributed by atoms with van der Waals surface area (Å²) in [6, 6.07) is 9.47. The van der Waals surface area contributed by atoms with Gasteiger partial charge in [0, 0.05) is 37.6 Å². The number of para-hydroxylation sites is 2. The molecule has 8 heteroatoms. The average molecular weight is 348 g/mol. The first-order chi connectivity index (χ1) is 12.8. The van der Waals surface area contributed by atoms with Crippen molar-refractivity contribution in [3.63, 3.8) is 0 Å². The molecule has 0 saturated heterocycles. The highest BCUT2D eigenvalue weighted by molar-refractivity contribution is 5.92. The van der Waals surface area contributed by atoms with Gasteiger partial charge in [0.15, 0.2) is 11.5 Å². The van der Waals surface area contributed by atoms with Gasteiger partial charge in [-0.1, -0.05) is 17.3 Å². The van der Waals surface area contributed by atoms with Gasteiger partial charge in [-0.3, -0.25) is 14.8 Å². The third-order valence-corrected chi connectivity index (χ3v) is 3.93. The van der Waals surface area contributed by atoms with Gasteiger partial charge in [0.05, 0.1) is 29.6 Å². The Morgan fingerprint density at radius 2 is 2.12 bits per heavy atom. The fraction of sp³-hybridized carbons (Fsp3) is 0.167. The maximum atomic E-state index is 12.2. The van der Waals surface area contributed by atoms with Gasteiger partial charge in [-0.2, -0.15) is 0 Å². The first-order valence-electron chi connectivity index (χ1n) is 8.18. The summed E-state index contributed by atoms with van der Waals surface area (Å²) < 4.78 is 7.24. The van der Waals surface area contributed by atoms with Crippen molar-refractivity contribution in [1.29, 1.82) is 0 Å². The number of hydrogen-bond donors (Lipinski definition) is 1. The molecule has 0 unspecified atom stereocenters. The average Bonchev–Trinajstić information content (AvgIpc) is 3.31. The third-order valence-electron chi connectivity index (χ3n) is 3.93. The molecule has 4 rings (SSSR count). The Kier molecular flexibility index (Phi) is 4.38. The summed E-state index contributed by atoms with van der Waals surface area (Å²) in [5, 5.41) is 6.65. The number of fused-ring (bicyclic) bond motifs is 1. The molecule has 0 aliphatic heterocycles. The molecule has 0 bridgehead atoms. The second-order valence-electron chi connectivity index (χ2n) is 5.74. The molecule has 130 valence electrons. The monoisotopic (exact) mass is 348 g/mol. The predicted molar refractivity (Wildman–Crippen MR) is 93.4 cm³/mol. The molecule has 0 aliphatic rings. The third kappa shape index (κ3) is 3.44. The molecule has 0 atom stereocenters. The summed E-state index contributed by atoms with van der Waals surface area (Å²) in [4.78, 5) is 24.7. The molecule has 0 radical (unpaired) electrons. The number of imidazole rings is 1. The molecule has 1 aromatic carbocycles. The highest BCUT2D eigenvalue weighted by atomic mass is 16.5. The Balaban J connectivity index is 1.37. The SMILES string of the molecule is O=C(NCCc1cnccn1)c1cc(Cn2cnc3ccccc32)on1. The number of rotatable bonds is 6. The van der Waals surface area contributed by atoms with Crippen molar-refractivity contribution >= 4 is 16.9 Å². The quantitative estimate of drug-likeness (QED) is 0.571. The molecule has 4 aromatic rings. The highest BCUT2D eigenvalue weighted by Crippen LogP contribution is 2.14. The Morgan fingerprint density at radius 3 is 3.00 bits per heavy atom. The summed E-state index contributed by atoms with van der Waals surface area (Å²) in [5.74, 6) is 0.312. The summed E-state index contributed by atoms with van der Waals surface area (Å²) >= 11 is 0. The van der Waals surface area contributed by atoms with Crippen LogP contribution in [0.25, 0.3) is 11.0 Å². The number of aromatic nitrogens is 5. The van der Waals surface area contributed by atoms with E-state index in [1.54, 1.807) is 31.0 Å². The van der Waals surface area contributed by atoms with Crippen molar-refractivity contribution in [1.82, 2.24) is 30.0 Å². The van der Waals surface area contributed by atoms with Crippen LogP contribution in [0, 0.1) is 0 Å². The van der Waals surface area contributed by atoms with E-state index in [-0.39, 0.29) is 11.6 Å². The minimum atomic E-state index is -0.278. The summed E-state index contributed by atoms with van der Waals surface area (Å²) in [6.45, 7) is 0.909. The second kappa shape index (κ2) is 7.14. The van der Waals surface area contributed by atoms with Crippen LogP contribution < -0.4 is 5.32 Å². The summed E-state index contributed by atoms with van der Waals surface area (Å²) in [7, 11) is 0. The van der Waals surface area contributed by atoms with Crippen LogP contribution in [0.3, 0.4) is 0 Å². The van der Waals surface area contributed by atoms with Gasteiger partial charge in [-0.05, 0) is 12.1 Å². The van der Waals surface area contributed by atoms with Crippen LogP contribution in [0.5, 0.6) is 0 Å². The van der Waals surface area contributed by atoms with Crippen LogP contribution in [0.4, 0.5) is 0 Å². The number of hydrogen-bond acceptors (Lipinski definition) is 6. The number of nitrogens with zero attached hydrogens (tertiary/aromatic N) is 5. The normalized spacial score (nSPS) is 10.9. The summed E-state index contributed by atoms with van der Waals surface area (Å²) in [6.07, 6.45) is 7.26. The molecule has 8 nitrogen and oxygen atoms in total. The molecule has 0 aliphatic carbocycles. The molecule has 3 heterocycles. The molecule has 0 spiro atoms. The van der Waals surface area contributed by atoms with E-state index in [4.69, 9.17) is 4.52 Å². The minimum absolute atomic E-state index is 0.253. The molecule has 0 saturated carbocycles. The number of nitrogens with one attached hydrogen (secondary N) is 1. The fourth-order valence-electron chi connectivity index (χ4n) is 2.65. The molecule has 1 N–H and O–H groups in total. The Hall–Kier alpha value is -3.55. The van der Waals surface area contributed by atoms with Crippen LogP contribution in [-0.2, 0) is 13.0 Å². The van der Waals surface area contributed by atoms with Crippen LogP contribution >= 0.6 is 0 Å². The van der Waals surface area contributed by atoms with E-state index in [1.807, 2.05) is 28.8 Å². The first kappa shape index (κ1) is 15.9. The molecular formula is C18H16N6O2. The fourth-order valence-corrected chi connectivity index (χ4v) is 2.65. The van der Waals surface area contributed by atoms with Crippen LogP contribution in [0.15, 0.2) is 59.8 Å². The van der Waals surface area contributed by atoms with E-state index in [2.05, 4.69) is 25.4 Å². The van der Waals surface area contributed by atoms with Gasteiger partial charge < -0.3 is 14.4 Å². The number of benzene rings is 1. The maximum absolute atomic E-state index is 12.2. The van der Waals surface area contributed by atoms with E-state index >= 15 is 0 Å². The topological polar surface area (TPSA) is 98.7 Å². The lowest BCUT2D eigenvalue weighted by Gasteiger charge is -2.01. The van der Waals surface area contributed by atoms with Gasteiger partial charge in [0.2, 0.25) is 0 Å². The highest BCUT2D eigenvalue weighted by Gasteiger charge is 2.13. The molecule has 26 heavy (non-hydrogen) atoms. The van der Waals surface area contributed by atoms with Crippen LogP contribution in [-0.4, -0.2) is 37.1 Å². The van der Waals surface area contributed by atoms with Gasteiger partial charge in [0.25, 0.3) is 5.91 Å². The van der Waals surface area contributed by atoms with Gasteiger partial charge in [0.1, 0.15) is 0 Å². The van der Waals surface area contributed by atoms with Crippen LogP contribution in [0.1, 0.15) is 21.9 Å². The van der Waals surface area contributed by atoms with E-state index in [0.29, 0.717) is 25.3 Å².